The minimum Gasteiger partial charge on any atom is -0.368 e. The average Bonchev–Trinajstić information content (AvgIpc) is 2.99. The van der Waals surface area contributed by atoms with E-state index in [1.165, 1.54) is 12.8 Å². The molecule has 1 aliphatic rings. The molecule has 0 bridgehead atoms. The molecule has 5 nitrogen and oxygen atoms in total. The Hall–Kier alpha value is -0.940. The maximum absolute atomic E-state index is 5.92. The van der Waals surface area contributed by atoms with Gasteiger partial charge in [-0.15, -0.1) is 0 Å². The zero-order valence-corrected chi connectivity index (χ0v) is 11.5. The van der Waals surface area contributed by atoms with Crippen molar-refractivity contribution in [3.05, 3.63) is 11.7 Å². The molecule has 5 heteroatoms. The lowest BCUT2D eigenvalue weighted by molar-refractivity contribution is -0.0221. The molecule has 0 unspecified atom stereocenters. The summed E-state index contributed by atoms with van der Waals surface area (Å²) in [6, 6.07) is 0. The second kappa shape index (κ2) is 4.97. The number of hydrogen-bond acceptors (Lipinski definition) is 5. The van der Waals surface area contributed by atoms with E-state index in [1.54, 1.807) is 0 Å². The molecule has 1 fully saturated rings. The summed E-state index contributed by atoms with van der Waals surface area (Å²) in [5.74, 6) is 1.30. The minimum absolute atomic E-state index is 0.104. The predicted octanol–water partition coefficient (Wildman–Crippen LogP) is 2.11. The Bertz CT molecular complexity index is 395. The Morgan fingerprint density at radius 1 is 1.39 bits per heavy atom. The van der Waals surface area contributed by atoms with E-state index in [0.29, 0.717) is 24.9 Å². The third-order valence-corrected chi connectivity index (χ3v) is 3.87. The van der Waals surface area contributed by atoms with Crippen LogP contribution in [-0.2, 0) is 15.8 Å². The molecule has 1 saturated carbocycles. The van der Waals surface area contributed by atoms with Crippen molar-refractivity contribution in [3.63, 3.8) is 0 Å². The Labute approximate surface area is 108 Å². The zero-order valence-electron chi connectivity index (χ0n) is 11.5. The lowest BCUT2D eigenvalue weighted by atomic mass is 9.86. The van der Waals surface area contributed by atoms with Crippen molar-refractivity contribution < 1.29 is 9.26 Å². The molecule has 2 N–H and O–H groups in total. The van der Waals surface area contributed by atoms with E-state index in [0.717, 1.165) is 12.8 Å². The summed E-state index contributed by atoms with van der Waals surface area (Å²) in [5.41, 5.74) is 5.31. The highest BCUT2D eigenvalue weighted by Gasteiger charge is 2.41. The van der Waals surface area contributed by atoms with Crippen LogP contribution in [0.3, 0.4) is 0 Å². The van der Waals surface area contributed by atoms with Crippen LogP contribution in [0.5, 0.6) is 0 Å². The molecule has 0 aliphatic heterocycles. The molecule has 2 rings (SSSR count). The Morgan fingerprint density at radius 2 is 2.06 bits per heavy atom. The van der Waals surface area contributed by atoms with Crippen molar-refractivity contribution in [2.45, 2.75) is 57.5 Å². The van der Waals surface area contributed by atoms with Crippen LogP contribution in [0.4, 0.5) is 0 Å². The van der Waals surface area contributed by atoms with E-state index in [9.17, 15) is 0 Å². The van der Waals surface area contributed by atoms with E-state index in [2.05, 4.69) is 10.1 Å². The molecule has 1 aromatic heterocycles. The van der Waals surface area contributed by atoms with Gasteiger partial charge in [0, 0.05) is 13.2 Å². The summed E-state index contributed by atoms with van der Waals surface area (Å²) >= 11 is 0. The van der Waals surface area contributed by atoms with Crippen LogP contribution in [0.2, 0.25) is 0 Å². The van der Waals surface area contributed by atoms with Gasteiger partial charge < -0.3 is 15.0 Å². The van der Waals surface area contributed by atoms with Crippen molar-refractivity contribution in [2.75, 3.05) is 13.2 Å². The summed E-state index contributed by atoms with van der Waals surface area (Å²) in [7, 11) is 0. The average molecular weight is 253 g/mol. The molecule has 0 saturated heterocycles. The van der Waals surface area contributed by atoms with Gasteiger partial charge in [0.1, 0.15) is 5.60 Å². The summed E-state index contributed by atoms with van der Waals surface area (Å²) in [6.07, 6.45) is 4.45. The zero-order chi connectivity index (χ0) is 13.2. The van der Waals surface area contributed by atoms with Gasteiger partial charge in [-0.25, -0.2) is 0 Å². The number of hydrogen-bond donors (Lipinski definition) is 1. The standard InChI is InChI=1S/C13H23N3O2/c1-4-17-12(2,3)10-15-11(18-16-10)13(9-14)7-5-6-8-13/h4-9,14H2,1-3H3. The first kappa shape index (κ1) is 13.5. The second-order valence-electron chi connectivity index (χ2n) is 5.56. The van der Waals surface area contributed by atoms with Gasteiger partial charge in [-0.1, -0.05) is 18.0 Å². The molecule has 1 aromatic rings. The van der Waals surface area contributed by atoms with Gasteiger partial charge in [-0.3, -0.25) is 0 Å². The monoisotopic (exact) mass is 253 g/mol. The third-order valence-electron chi connectivity index (χ3n) is 3.87. The summed E-state index contributed by atoms with van der Waals surface area (Å²) in [5, 5.41) is 4.08. The molecule has 1 heterocycles. The van der Waals surface area contributed by atoms with Gasteiger partial charge in [0.05, 0.1) is 5.41 Å². The van der Waals surface area contributed by atoms with Crippen LogP contribution in [0.25, 0.3) is 0 Å². The van der Waals surface area contributed by atoms with Crippen molar-refractivity contribution in [1.82, 2.24) is 10.1 Å². The van der Waals surface area contributed by atoms with Crippen LogP contribution in [0.15, 0.2) is 4.52 Å². The van der Waals surface area contributed by atoms with E-state index in [4.69, 9.17) is 15.0 Å². The molecule has 0 spiro atoms. The lowest BCUT2D eigenvalue weighted by Crippen LogP contribution is -2.32. The largest absolute Gasteiger partial charge is 0.368 e. The fourth-order valence-electron chi connectivity index (χ4n) is 2.67. The van der Waals surface area contributed by atoms with Crippen molar-refractivity contribution in [3.8, 4) is 0 Å². The van der Waals surface area contributed by atoms with Gasteiger partial charge in [0.25, 0.3) is 0 Å². The fraction of sp³-hybridized carbons (Fsp3) is 0.846. The molecule has 1 aliphatic carbocycles. The smallest absolute Gasteiger partial charge is 0.234 e. The number of ether oxygens (including phenoxy) is 1. The first-order valence-electron chi connectivity index (χ1n) is 6.73. The van der Waals surface area contributed by atoms with E-state index in [1.807, 2.05) is 20.8 Å². The first-order valence-corrected chi connectivity index (χ1v) is 6.73. The predicted molar refractivity (Wildman–Crippen MR) is 68.2 cm³/mol. The van der Waals surface area contributed by atoms with Crippen LogP contribution < -0.4 is 5.73 Å². The first-order chi connectivity index (χ1) is 8.54. The van der Waals surface area contributed by atoms with E-state index >= 15 is 0 Å². The number of aromatic nitrogens is 2. The van der Waals surface area contributed by atoms with Crippen molar-refractivity contribution in [2.24, 2.45) is 5.73 Å². The van der Waals surface area contributed by atoms with Crippen molar-refractivity contribution >= 4 is 0 Å². The molecule has 102 valence electrons. The molecular formula is C13H23N3O2. The van der Waals surface area contributed by atoms with Gasteiger partial charge >= 0.3 is 0 Å². The van der Waals surface area contributed by atoms with Crippen LogP contribution >= 0.6 is 0 Å². The lowest BCUT2D eigenvalue weighted by Gasteiger charge is -2.22. The maximum Gasteiger partial charge on any atom is 0.234 e. The molecular weight excluding hydrogens is 230 g/mol. The van der Waals surface area contributed by atoms with Gasteiger partial charge in [0.2, 0.25) is 11.7 Å². The summed E-state index contributed by atoms with van der Waals surface area (Å²) in [4.78, 5) is 4.54. The van der Waals surface area contributed by atoms with Crippen molar-refractivity contribution in [1.29, 1.82) is 0 Å². The Balaban J connectivity index is 2.24. The highest BCUT2D eigenvalue weighted by atomic mass is 16.5. The normalized spacial score (nSPS) is 19.3. The highest BCUT2D eigenvalue weighted by Crippen LogP contribution is 2.40. The summed E-state index contributed by atoms with van der Waals surface area (Å²) < 4.78 is 11.1. The minimum atomic E-state index is -0.509. The van der Waals surface area contributed by atoms with Gasteiger partial charge in [-0.05, 0) is 33.6 Å². The van der Waals surface area contributed by atoms with Gasteiger partial charge in [-0.2, -0.15) is 4.98 Å². The quantitative estimate of drug-likeness (QED) is 0.870. The molecule has 0 aromatic carbocycles. The highest BCUT2D eigenvalue weighted by molar-refractivity contribution is 5.11. The number of nitrogens with two attached hydrogens (primary N) is 1. The second-order valence-corrected chi connectivity index (χ2v) is 5.56. The summed E-state index contributed by atoms with van der Waals surface area (Å²) in [6.45, 7) is 7.06. The van der Waals surface area contributed by atoms with E-state index < -0.39 is 5.60 Å². The molecule has 0 atom stereocenters. The van der Waals surface area contributed by atoms with Crippen LogP contribution in [0, 0.1) is 0 Å². The SMILES string of the molecule is CCOC(C)(C)c1noc(C2(CN)CCCC2)n1. The molecule has 0 amide bonds. The van der Waals surface area contributed by atoms with Crippen LogP contribution in [-0.4, -0.2) is 23.3 Å². The number of nitrogens with zero attached hydrogens (tertiary/aromatic N) is 2. The topological polar surface area (TPSA) is 74.2 Å². The Kier molecular flexibility index (Phi) is 3.73. The third kappa shape index (κ3) is 2.29. The van der Waals surface area contributed by atoms with Crippen LogP contribution in [0.1, 0.15) is 58.2 Å². The molecule has 0 radical (unpaired) electrons. The molecule has 18 heavy (non-hydrogen) atoms. The van der Waals surface area contributed by atoms with E-state index in [-0.39, 0.29) is 5.41 Å². The fourth-order valence-corrected chi connectivity index (χ4v) is 2.67. The Morgan fingerprint density at radius 3 is 2.61 bits per heavy atom. The maximum atomic E-state index is 5.92. The van der Waals surface area contributed by atoms with Gasteiger partial charge in [0.15, 0.2) is 0 Å². The number of rotatable bonds is 5.